The van der Waals surface area contributed by atoms with Gasteiger partial charge in [-0.1, -0.05) is 44.2 Å². The topological polar surface area (TPSA) is 89.6 Å². The summed E-state index contributed by atoms with van der Waals surface area (Å²) in [5.41, 5.74) is 12.3. The second-order valence-corrected chi connectivity index (χ2v) is 11.6. The highest BCUT2D eigenvalue weighted by molar-refractivity contribution is 5.92. The smallest absolute Gasteiger partial charge is 0.227 e. The zero-order chi connectivity index (χ0) is 29.4. The van der Waals surface area contributed by atoms with Crippen LogP contribution < -0.4 is 11.1 Å². The van der Waals surface area contributed by atoms with Gasteiger partial charge in [0.25, 0.3) is 0 Å². The number of likely N-dealkylation sites (tertiary alicyclic amines) is 1. The quantitative estimate of drug-likeness (QED) is 0.250. The van der Waals surface area contributed by atoms with Crippen LogP contribution in [-0.4, -0.2) is 54.1 Å². The van der Waals surface area contributed by atoms with Crippen LogP contribution in [0.5, 0.6) is 0 Å². The van der Waals surface area contributed by atoms with E-state index in [4.69, 9.17) is 10.5 Å². The van der Waals surface area contributed by atoms with Gasteiger partial charge in [-0.15, -0.1) is 0 Å². The molecule has 7 nitrogen and oxygen atoms in total. The minimum atomic E-state index is -0.255. The number of hydrogen-bond donors (Lipinski definition) is 2. The van der Waals surface area contributed by atoms with E-state index in [9.17, 15) is 9.59 Å². The number of carbonyl (C=O) groups excluding carboxylic acids is 2. The highest BCUT2D eigenvalue weighted by atomic mass is 16.5. The molecule has 1 aromatic heterocycles. The molecule has 1 fully saturated rings. The number of ether oxygens (including phenoxy) is 1. The van der Waals surface area contributed by atoms with Crippen molar-refractivity contribution in [2.45, 2.75) is 84.2 Å². The van der Waals surface area contributed by atoms with E-state index < -0.39 is 0 Å². The van der Waals surface area contributed by atoms with Crippen LogP contribution in [0, 0.1) is 12.8 Å². The Morgan fingerprint density at radius 2 is 1.83 bits per heavy atom. The van der Waals surface area contributed by atoms with Crippen LogP contribution >= 0.6 is 0 Å². The van der Waals surface area contributed by atoms with Gasteiger partial charge in [0.1, 0.15) is 0 Å². The van der Waals surface area contributed by atoms with Gasteiger partial charge in [0.05, 0.1) is 0 Å². The van der Waals surface area contributed by atoms with E-state index in [1.165, 1.54) is 22.2 Å². The molecule has 1 saturated heterocycles. The Bertz CT molecular complexity index is 1300. The third kappa shape index (κ3) is 7.57. The number of benzene rings is 2. The number of fused-ring (bicyclic) bond motifs is 1. The molecule has 3 aromatic rings. The Kier molecular flexibility index (Phi) is 11.0. The number of hydrogen-bond acceptors (Lipinski definition) is 4. The van der Waals surface area contributed by atoms with Gasteiger partial charge in [-0.25, -0.2) is 0 Å². The first-order valence-electron chi connectivity index (χ1n) is 15.4. The largest absolute Gasteiger partial charge is 0.385 e. The van der Waals surface area contributed by atoms with E-state index in [2.05, 4.69) is 41.1 Å². The molecule has 2 aromatic carbocycles. The van der Waals surface area contributed by atoms with Gasteiger partial charge >= 0.3 is 0 Å². The highest BCUT2D eigenvalue weighted by Crippen LogP contribution is 2.36. The number of nitrogens with two attached hydrogens (primary N) is 1. The van der Waals surface area contributed by atoms with Crippen LogP contribution in [0.1, 0.15) is 75.1 Å². The van der Waals surface area contributed by atoms with Crippen molar-refractivity contribution in [2.75, 3.05) is 32.1 Å². The SMILES string of the molecule is CCC(CC)C(=O)Nc1ccc(C[C@@H](N)CC(=O)N2CCCC(c3c(C)c4ccccc4n3CCCOC)C2)cc1. The van der Waals surface area contributed by atoms with Crippen molar-refractivity contribution in [3.8, 4) is 0 Å². The lowest BCUT2D eigenvalue weighted by atomic mass is 9.91. The lowest BCUT2D eigenvalue weighted by Gasteiger charge is -2.34. The molecule has 2 amide bonds. The van der Waals surface area contributed by atoms with Crippen molar-refractivity contribution in [1.29, 1.82) is 0 Å². The number of aromatic nitrogens is 1. The van der Waals surface area contributed by atoms with Crippen molar-refractivity contribution in [2.24, 2.45) is 11.7 Å². The van der Waals surface area contributed by atoms with Gasteiger partial charge in [0.2, 0.25) is 11.8 Å². The van der Waals surface area contributed by atoms with E-state index in [1.807, 2.05) is 43.0 Å². The minimum absolute atomic E-state index is 0.0337. The first-order valence-corrected chi connectivity index (χ1v) is 15.4. The molecule has 0 saturated carbocycles. The number of aryl methyl sites for hydroxylation is 2. The fourth-order valence-corrected chi connectivity index (χ4v) is 6.41. The molecule has 0 radical (unpaired) electrons. The number of carbonyl (C=O) groups is 2. The summed E-state index contributed by atoms with van der Waals surface area (Å²) in [6, 6.07) is 16.2. The molecular weight excluding hydrogens is 512 g/mol. The van der Waals surface area contributed by atoms with Gasteiger partial charge in [-0.05, 0) is 74.8 Å². The second-order valence-electron chi connectivity index (χ2n) is 11.6. The van der Waals surface area contributed by atoms with Crippen molar-refractivity contribution < 1.29 is 14.3 Å². The molecule has 1 aliphatic rings. The fraction of sp³-hybridized carbons (Fsp3) is 0.529. The molecule has 222 valence electrons. The maximum Gasteiger partial charge on any atom is 0.227 e. The Labute approximate surface area is 245 Å². The summed E-state index contributed by atoms with van der Waals surface area (Å²) in [6.45, 7) is 9.46. The lowest BCUT2D eigenvalue weighted by Crippen LogP contribution is -2.42. The average molecular weight is 561 g/mol. The van der Waals surface area contributed by atoms with Crippen LogP contribution in [0.2, 0.25) is 0 Å². The molecule has 2 heterocycles. The van der Waals surface area contributed by atoms with E-state index in [0.29, 0.717) is 18.8 Å². The summed E-state index contributed by atoms with van der Waals surface area (Å²) in [5.74, 6) is 0.541. The maximum atomic E-state index is 13.4. The van der Waals surface area contributed by atoms with Gasteiger partial charge < -0.3 is 25.3 Å². The zero-order valence-electron chi connectivity index (χ0n) is 25.3. The Morgan fingerprint density at radius 3 is 2.54 bits per heavy atom. The van der Waals surface area contributed by atoms with Crippen LogP contribution in [-0.2, 0) is 27.3 Å². The number of rotatable bonds is 13. The van der Waals surface area contributed by atoms with Gasteiger partial charge in [0.15, 0.2) is 0 Å². The van der Waals surface area contributed by atoms with Crippen LogP contribution in [0.25, 0.3) is 10.9 Å². The third-order valence-electron chi connectivity index (χ3n) is 8.68. The monoisotopic (exact) mass is 560 g/mol. The first kappa shape index (κ1) is 30.8. The molecule has 0 aliphatic carbocycles. The summed E-state index contributed by atoms with van der Waals surface area (Å²) in [7, 11) is 1.75. The summed E-state index contributed by atoms with van der Waals surface area (Å²) in [4.78, 5) is 27.8. The molecule has 4 rings (SSSR count). The third-order valence-corrected chi connectivity index (χ3v) is 8.68. The maximum absolute atomic E-state index is 13.4. The van der Waals surface area contributed by atoms with Gasteiger partial charge in [-0.3, -0.25) is 9.59 Å². The fourth-order valence-electron chi connectivity index (χ4n) is 6.41. The van der Waals surface area contributed by atoms with Gasteiger partial charge in [-0.2, -0.15) is 0 Å². The van der Waals surface area contributed by atoms with Crippen molar-refractivity contribution in [1.82, 2.24) is 9.47 Å². The normalized spacial score (nSPS) is 16.3. The van der Waals surface area contributed by atoms with Crippen LogP contribution in [0.3, 0.4) is 0 Å². The summed E-state index contributed by atoms with van der Waals surface area (Å²) < 4.78 is 7.80. The summed E-state index contributed by atoms with van der Waals surface area (Å²) >= 11 is 0. The number of piperidine rings is 1. The zero-order valence-corrected chi connectivity index (χ0v) is 25.3. The number of amides is 2. The van der Waals surface area contributed by atoms with Crippen molar-refractivity contribution >= 4 is 28.4 Å². The Balaban J connectivity index is 1.37. The summed E-state index contributed by atoms with van der Waals surface area (Å²) in [5, 5.41) is 4.31. The molecule has 0 bridgehead atoms. The Morgan fingerprint density at radius 1 is 1.10 bits per heavy atom. The lowest BCUT2D eigenvalue weighted by molar-refractivity contribution is -0.132. The molecular formula is C34H48N4O3. The molecule has 1 aliphatic heterocycles. The molecule has 1 unspecified atom stereocenters. The van der Waals surface area contributed by atoms with E-state index in [1.54, 1.807) is 7.11 Å². The average Bonchev–Trinajstić information content (AvgIpc) is 3.26. The number of nitrogens with one attached hydrogen (secondary N) is 1. The molecule has 41 heavy (non-hydrogen) atoms. The summed E-state index contributed by atoms with van der Waals surface area (Å²) in [6.07, 6.45) is 5.65. The minimum Gasteiger partial charge on any atom is -0.385 e. The molecule has 0 spiro atoms. The number of anilines is 1. The second kappa shape index (κ2) is 14.6. The first-order chi connectivity index (χ1) is 19.9. The predicted molar refractivity (Wildman–Crippen MR) is 167 cm³/mol. The van der Waals surface area contributed by atoms with E-state index >= 15 is 0 Å². The molecule has 3 N–H and O–H groups in total. The Hall–Kier alpha value is -3.16. The number of nitrogens with zero attached hydrogens (tertiary/aromatic N) is 2. The van der Waals surface area contributed by atoms with Crippen molar-refractivity contribution in [3.63, 3.8) is 0 Å². The highest BCUT2D eigenvalue weighted by Gasteiger charge is 2.29. The van der Waals surface area contributed by atoms with Crippen LogP contribution in [0.4, 0.5) is 5.69 Å². The van der Waals surface area contributed by atoms with Crippen molar-refractivity contribution in [3.05, 3.63) is 65.4 Å². The number of para-hydroxylation sites is 1. The predicted octanol–water partition coefficient (Wildman–Crippen LogP) is 6.03. The van der Waals surface area contributed by atoms with Gasteiger partial charge in [0, 0.05) is 79.9 Å². The molecule has 2 atom stereocenters. The van der Waals surface area contributed by atoms with Crippen LogP contribution in [0.15, 0.2) is 48.5 Å². The number of methoxy groups -OCH3 is 1. The van der Waals surface area contributed by atoms with E-state index in [-0.39, 0.29) is 23.8 Å². The standard InChI is InChI=1S/C34H48N4O3/c1-5-26(6-2)34(40)36-29-16-14-25(15-17-29)21-28(35)22-32(39)37-18-9-11-27(23-37)33-24(3)30-12-7-8-13-31(30)38(33)19-10-20-41-4/h7-8,12-17,26-28H,5-6,9-11,18-23,35H2,1-4H3,(H,36,40)/t27?,28-/m1/s1. The molecule has 7 heteroatoms. The van der Waals surface area contributed by atoms with E-state index in [0.717, 1.165) is 69.6 Å².